The Kier molecular flexibility index (Phi) is 2.43. The molecule has 1 unspecified atom stereocenters. The summed E-state index contributed by atoms with van der Waals surface area (Å²) in [7, 11) is 0. The maximum absolute atomic E-state index is 11.8. The van der Waals surface area contributed by atoms with Gasteiger partial charge in [-0.25, -0.2) is 0 Å². The Bertz CT molecular complexity index is 514. The number of carbonyl (C=O) groups excluding carboxylic acids is 1. The van der Waals surface area contributed by atoms with Gasteiger partial charge in [0.2, 0.25) is 0 Å². The molecule has 1 aliphatic carbocycles. The third-order valence-corrected chi connectivity index (χ3v) is 4.50. The molecule has 90 valence electrons. The molecule has 4 nitrogen and oxygen atoms in total. The lowest BCUT2D eigenvalue weighted by Crippen LogP contribution is -2.39. The molecule has 2 aliphatic rings. The molecule has 1 saturated carbocycles. The predicted molar refractivity (Wildman–Crippen MR) is 67.7 cm³/mol. The summed E-state index contributed by atoms with van der Waals surface area (Å²) in [6.07, 6.45) is 3.11. The molecule has 0 aromatic heterocycles. The second kappa shape index (κ2) is 3.63. The molecular formula is C11H10BrNO3S. The van der Waals surface area contributed by atoms with Gasteiger partial charge in [0.25, 0.3) is 5.91 Å². The van der Waals surface area contributed by atoms with Crippen molar-refractivity contribution in [3.05, 3.63) is 16.6 Å². The zero-order valence-corrected chi connectivity index (χ0v) is 11.5. The first-order valence-electron chi connectivity index (χ1n) is 5.19. The van der Waals surface area contributed by atoms with Crippen LogP contribution in [-0.4, -0.2) is 22.3 Å². The van der Waals surface area contributed by atoms with Gasteiger partial charge in [-0.15, -0.1) is 0 Å². The number of anilines is 1. The van der Waals surface area contributed by atoms with Gasteiger partial charge in [0.1, 0.15) is 6.26 Å². The molecule has 1 atom stereocenters. The van der Waals surface area contributed by atoms with E-state index in [-0.39, 0.29) is 5.91 Å². The lowest BCUT2D eigenvalue weighted by Gasteiger charge is -2.26. The molecule has 17 heavy (non-hydrogen) atoms. The highest BCUT2D eigenvalue weighted by atomic mass is 79.9. The second-order valence-corrected chi connectivity index (χ2v) is 6.52. The zero-order valence-electron chi connectivity index (χ0n) is 9.08. The average molecular weight is 316 g/mol. The van der Waals surface area contributed by atoms with E-state index in [0.29, 0.717) is 16.3 Å². The van der Waals surface area contributed by atoms with Crippen LogP contribution in [0.4, 0.5) is 5.69 Å². The molecule has 1 aromatic rings. The number of hydrogen-bond acceptors (Lipinski definition) is 3. The number of nitrogens with one attached hydrogen (secondary N) is 1. The van der Waals surface area contributed by atoms with Crippen LogP contribution in [0, 0.1) is 0 Å². The summed E-state index contributed by atoms with van der Waals surface area (Å²) in [5.74, 6) is 0.534. The van der Waals surface area contributed by atoms with E-state index in [0.717, 1.165) is 17.3 Å². The van der Waals surface area contributed by atoms with Crippen molar-refractivity contribution in [2.45, 2.75) is 23.3 Å². The molecule has 1 aliphatic heterocycles. The van der Waals surface area contributed by atoms with Crippen molar-refractivity contribution < 1.29 is 14.1 Å². The minimum atomic E-state index is -1.09. The molecule has 0 radical (unpaired) electrons. The summed E-state index contributed by atoms with van der Waals surface area (Å²) in [5.41, 5.74) is -0.0605. The summed E-state index contributed by atoms with van der Waals surface area (Å²) >= 11 is 2.30. The van der Waals surface area contributed by atoms with Crippen molar-refractivity contribution in [3.63, 3.8) is 0 Å². The third-order valence-electron chi connectivity index (χ3n) is 3.01. The Morgan fingerprint density at radius 1 is 1.53 bits per heavy atom. The highest BCUT2D eigenvalue weighted by Crippen LogP contribution is 2.49. The Labute approximate surface area is 110 Å². The fraction of sp³-hybridized carbons (Fsp3) is 0.364. The SMILES string of the molecule is C[S+]([O-])c1cc(Br)c2c(c1)NC(=O)C1(CC1)O2. The lowest BCUT2D eigenvalue weighted by atomic mass is 10.2. The fourth-order valence-corrected chi connectivity index (χ4v) is 3.11. The number of benzene rings is 1. The Morgan fingerprint density at radius 2 is 2.24 bits per heavy atom. The Morgan fingerprint density at radius 3 is 2.82 bits per heavy atom. The largest absolute Gasteiger partial charge is 0.612 e. The molecule has 1 spiro atoms. The van der Waals surface area contributed by atoms with E-state index in [1.54, 1.807) is 18.4 Å². The second-order valence-electron chi connectivity index (χ2n) is 4.29. The first-order valence-corrected chi connectivity index (χ1v) is 7.54. The van der Waals surface area contributed by atoms with Gasteiger partial charge in [-0.05, 0) is 27.1 Å². The Hall–Kier alpha value is -0.720. The summed E-state index contributed by atoms with van der Waals surface area (Å²) in [6, 6.07) is 3.46. The minimum Gasteiger partial charge on any atom is -0.612 e. The maximum Gasteiger partial charge on any atom is 0.268 e. The number of rotatable bonds is 1. The number of hydrogen-bond donors (Lipinski definition) is 1. The molecule has 1 N–H and O–H groups in total. The third kappa shape index (κ3) is 1.75. The maximum atomic E-state index is 11.8. The van der Waals surface area contributed by atoms with Gasteiger partial charge in [-0.2, -0.15) is 0 Å². The van der Waals surface area contributed by atoms with Crippen LogP contribution in [0.15, 0.2) is 21.5 Å². The molecule has 3 rings (SSSR count). The summed E-state index contributed by atoms with van der Waals surface area (Å²) in [5, 5.41) is 2.82. The van der Waals surface area contributed by atoms with E-state index in [1.165, 1.54) is 0 Å². The van der Waals surface area contributed by atoms with Crippen molar-refractivity contribution in [1.29, 1.82) is 0 Å². The molecule has 1 fully saturated rings. The van der Waals surface area contributed by atoms with Crippen molar-refractivity contribution in [2.75, 3.05) is 11.6 Å². The molecule has 0 saturated heterocycles. The van der Waals surface area contributed by atoms with Crippen LogP contribution >= 0.6 is 15.9 Å². The summed E-state index contributed by atoms with van der Waals surface area (Å²) in [4.78, 5) is 12.5. The van der Waals surface area contributed by atoms with Gasteiger partial charge in [0.15, 0.2) is 16.2 Å². The van der Waals surface area contributed by atoms with E-state index < -0.39 is 16.8 Å². The van der Waals surface area contributed by atoms with Gasteiger partial charge in [-0.3, -0.25) is 4.79 Å². The topological polar surface area (TPSA) is 61.4 Å². The standard InChI is InChI=1S/C11H10BrNO3S/c1-17(15)6-4-7(12)9-8(5-6)13-10(14)11(16-9)2-3-11/h4-5H,2-3H2,1H3,(H,13,14). The quantitative estimate of drug-likeness (QED) is 0.807. The van der Waals surface area contributed by atoms with Crippen molar-refractivity contribution in [1.82, 2.24) is 0 Å². The van der Waals surface area contributed by atoms with Gasteiger partial charge >= 0.3 is 0 Å². The first-order chi connectivity index (χ1) is 8.02. The Balaban J connectivity index is 2.07. The van der Waals surface area contributed by atoms with Crippen LogP contribution in [0.3, 0.4) is 0 Å². The van der Waals surface area contributed by atoms with Crippen LogP contribution in [0.1, 0.15) is 12.8 Å². The zero-order chi connectivity index (χ0) is 12.2. The van der Waals surface area contributed by atoms with Crippen LogP contribution in [-0.2, 0) is 16.0 Å². The molecule has 6 heteroatoms. The number of amides is 1. The molecule has 1 heterocycles. The fourth-order valence-electron chi connectivity index (χ4n) is 1.85. The van der Waals surface area contributed by atoms with Gasteiger partial charge in [0, 0.05) is 25.0 Å². The highest BCUT2D eigenvalue weighted by molar-refractivity contribution is 9.10. The van der Waals surface area contributed by atoms with E-state index >= 15 is 0 Å². The predicted octanol–water partition coefficient (Wildman–Crippen LogP) is 2.05. The molecule has 1 aromatic carbocycles. The minimum absolute atomic E-state index is 0.101. The van der Waals surface area contributed by atoms with Gasteiger partial charge < -0.3 is 14.6 Å². The van der Waals surface area contributed by atoms with Crippen LogP contribution in [0.5, 0.6) is 5.75 Å². The molecule has 1 amide bonds. The van der Waals surface area contributed by atoms with E-state index in [2.05, 4.69) is 21.2 Å². The number of halogens is 1. The molecular weight excluding hydrogens is 306 g/mol. The van der Waals surface area contributed by atoms with E-state index in [4.69, 9.17) is 4.74 Å². The number of ether oxygens (including phenoxy) is 1. The van der Waals surface area contributed by atoms with Crippen molar-refractivity contribution in [2.24, 2.45) is 0 Å². The number of fused-ring (bicyclic) bond motifs is 1. The first kappa shape index (κ1) is 11.4. The lowest BCUT2D eigenvalue weighted by molar-refractivity contribution is -0.125. The monoisotopic (exact) mass is 315 g/mol. The van der Waals surface area contributed by atoms with Crippen LogP contribution in [0.2, 0.25) is 0 Å². The van der Waals surface area contributed by atoms with Gasteiger partial charge in [0.05, 0.1) is 10.2 Å². The average Bonchev–Trinajstić information content (AvgIpc) is 3.02. The summed E-state index contributed by atoms with van der Waals surface area (Å²) in [6.45, 7) is 0. The van der Waals surface area contributed by atoms with Crippen molar-refractivity contribution in [3.8, 4) is 5.75 Å². The van der Waals surface area contributed by atoms with Crippen LogP contribution in [0.25, 0.3) is 0 Å². The van der Waals surface area contributed by atoms with E-state index in [9.17, 15) is 9.35 Å². The molecule has 0 bridgehead atoms. The smallest absolute Gasteiger partial charge is 0.268 e. The number of carbonyl (C=O) groups is 1. The normalized spacial score (nSPS) is 21.5. The summed E-state index contributed by atoms with van der Waals surface area (Å²) < 4.78 is 17.9. The van der Waals surface area contributed by atoms with Crippen molar-refractivity contribution >= 4 is 38.7 Å². The van der Waals surface area contributed by atoms with Gasteiger partial charge in [-0.1, -0.05) is 0 Å². The van der Waals surface area contributed by atoms with E-state index in [1.807, 2.05) is 0 Å². The van der Waals surface area contributed by atoms with Crippen LogP contribution < -0.4 is 10.1 Å². The highest BCUT2D eigenvalue weighted by Gasteiger charge is 2.55.